The second-order valence-electron chi connectivity index (χ2n) is 3.83. The molecule has 0 aliphatic carbocycles. The molecule has 1 aromatic heterocycles. The summed E-state index contributed by atoms with van der Waals surface area (Å²) in [6.45, 7) is 0. The molecule has 2 aromatic rings. The van der Waals surface area contributed by atoms with Gasteiger partial charge < -0.3 is 5.11 Å². The number of hydrogen-bond donors (Lipinski definition) is 1. The molecule has 1 atom stereocenters. The van der Waals surface area contributed by atoms with Crippen LogP contribution in [0.1, 0.15) is 17.4 Å². The zero-order chi connectivity index (χ0) is 13.1. The molecule has 0 fully saturated rings. The van der Waals surface area contributed by atoms with Gasteiger partial charge in [0.05, 0.1) is 0 Å². The van der Waals surface area contributed by atoms with E-state index in [4.69, 9.17) is 0 Å². The third kappa shape index (κ3) is 2.91. The Balaban J connectivity index is 2.24. The summed E-state index contributed by atoms with van der Waals surface area (Å²) in [4.78, 5) is 3.77. The fourth-order valence-corrected chi connectivity index (χ4v) is 2.06. The summed E-state index contributed by atoms with van der Waals surface area (Å²) in [6, 6.07) is 7.06. The third-order valence-corrected chi connectivity index (χ3v) is 3.02. The van der Waals surface area contributed by atoms with Gasteiger partial charge in [-0.05, 0) is 35.9 Å². The number of aliphatic hydroxyl groups excluding tert-OH is 1. The average molecular weight is 314 g/mol. The third-order valence-electron chi connectivity index (χ3n) is 2.52. The summed E-state index contributed by atoms with van der Waals surface area (Å²) in [7, 11) is 0. The molecule has 2 rings (SSSR count). The molecule has 0 aliphatic rings. The second-order valence-corrected chi connectivity index (χ2v) is 4.74. The van der Waals surface area contributed by atoms with Crippen molar-refractivity contribution in [1.82, 2.24) is 4.98 Å². The van der Waals surface area contributed by atoms with Gasteiger partial charge >= 0.3 is 0 Å². The van der Waals surface area contributed by atoms with E-state index in [1.807, 2.05) is 0 Å². The molecule has 1 aromatic carbocycles. The van der Waals surface area contributed by atoms with Gasteiger partial charge in [-0.25, -0.2) is 8.78 Å². The van der Waals surface area contributed by atoms with Crippen LogP contribution >= 0.6 is 15.9 Å². The largest absolute Gasteiger partial charge is 0.386 e. The molecule has 0 aliphatic heterocycles. The monoisotopic (exact) mass is 313 g/mol. The molecule has 0 spiro atoms. The number of pyridine rings is 1. The Morgan fingerprint density at radius 2 is 2.00 bits per heavy atom. The van der Waals surface area contributed by atoms with Crippen molar-refractivity contribution in [3.8, 4) is 0 Å². The van der Waals surface area contributed by atoms with Gasteiger partial charge in [-0.15, -0.1) is 0 Å². The Bertz CT molecular complexity index is 562. The number of aromatic nitrogens is 1. The van der Waals surface area contributed by atoms with Crippen molar-refractivity contribution in [2.45, 2.75) is 12.5 Å². The summed E-state index contributed by atoms with van der Waals surface area (Å²) in [5.74, 6) is -1.03. The van der Waals surface area contributed by atoms with Crippen LogP contribution in [0.15, 0.2) is 41.0 Å². The van der Waals surface area contributed by atoms with Gasteiger partial charge in [-0.2, -0.15) is 0 Å². The SMILES string of the molecule is OC(Cc1cc(Br)ccc1F)c1ncccc1F. The van der Waals surface area contributed by atoms with E-state index < -0.39 is 17.7 Å². The summed E-state index contributed by atoms with van der Waals surface area (Å²) in [6.07, 6.45) is 0.188. The Morgan fingerprint density at radius 1 is 1.22 bits per heavy atom. The van der Waals surface area contributed by atoms with Crippen LogP contribution in [0.4, 0.5) is 8.78 Å². The molecule has 0 saturated carbocycles. The molecule has 0 bridgehead atoms. The summed E-state index contributed by atoms with van der Waals surface area (Å²) in [5, 5.41) is 9.89. The van der Waals surface area contributed by atoms with Crippen LogP contribution in [0.25, 0.3) is 0 Å². The van der Waals surface area contributed by atoms with Gasteiger partial charge in [-0.3, -0.25) is 4.98 Å². The van der Waals surface area contributed by atoms with Crippen molar-refractivity contribution in [2.24, 2.45) is 0 Å². The number of benzene rings is 1. The van der Waals surface area contributed by atoms with Crippen LogP contribution in [0, 0.1) is 11.6 Å². The Morgan fingerprint density at radius 3 is 2.72 bits per heavy atom. The first-order chi connectivity index (χ1) is 8.58. The van der Waals surface area contributed by atoms with Gasteiger partial charge in [-0.1, -0.05) is 15.9 Å². The zero-order valence-electron chi connectivity index (χ0n) is 9.28. The highest BCUT2D eigenvalue weighted by molar-refractivity contribution is 9.10. The molecule has 5 heteroatoms. The van der Waals surface area contributed by atoms with Crippen LogP contribution in [0.2, 0.25) is 0 Å². The fraction of sp³-hybridized carbons (Fsp3) is 0.154. The van der Waals surface area contributed by atoms with Crippen LogP contribution in [-0.2, 0) is 6.42 Å². The first-order valence-corrected chi connectivity index (χ1v) is 6.09. The van der Waals surface area contributed by atoms with Crippen molar-refractivity contribution < 1.29 is 13.9 Å². The summed E-state index contributed by atoms with van der Waals surface area (Å²) < 4.78 is 27.6. The molecule has 1 N–H and O–H groups in total. The molecular weight excluding hydrogens is 304 g/mol. The molecule has 1 heterocycles. The molecule has 2 nitrogen and oxygen atoms in total. The Labute approximate surface area is 111 Å². The lowest BCUT2D eigenvalue weighted by Crippen LogP contribution is -2.07. The molecule has 0 radical (unpaired) electrons. The second kappa shape index (κ2) is 5.54. The lowest BCUT2D eigenvalue weighted by Gasteiger charge is -2.11. The fourth-order valence-electron chi connectivity index (χ4n) is 1.65. The lowest BCUT2D eigenvalue weighted by atomic mass is 10.0. The van der Waals surface area contributed by atoms with Gasteiger partial charge in [0.2, 0.25) is 0 Å². The number of aliphatic hydroxyl groups is 1. The van der Waals surface area contributed by atoms with Crippen molar-refractivity contribution in [3.63, 3.8) is 0 Å². The van der Waals surface area contributed by atoms with Crippen LogP contribution in [0.3, 0.4) is 0 Å². The van der Waals surface area contributed by atoms with Crippen LogP contribution < -0.4 is 0 Å². The number of hydrogen-bond acceptors (Lipinski definition) is 2. The predicted octanol–water partition coefficient (Wildman–Crippen LogP) is 3.40. The smallest absolute Gasteiger partial charge is 0.147 e. The predicted molar refractivity (Wildman–Crippen MR) is 67.0 cm³/mol. The summed E-state index contributed by atoms with van der Waals surface area (Å²) >= 11 is 3.22. The molecular formula is C13H10BrF2NO. The van der Waals surface area contributed by atoms with Crippen LogP contribution in [0.5, 0.6) is 0 Å². The van der Waals surface area contributed by atoms with Gasteiger partial charge in [0.15, 0.2) is 0 Å². The lowest BCUT2D eigenvalue weighted by molar-refractivity contribution is 0.167. The molecule has 0 saturated heterocycles. The van der Waals surface area contributed by atoms with Crippen molar-refractivity contribution in [2.75, 3.05) is 0 Å². The van der Waals surface area contributed by atoms with E-state index in [2.05, 4.69) is 20.9 Å². The Kier molecular flexibility index (Phi) is 4.04. The average Bonchev–Trinajstić information content (AvgIpc) is 2.34. The van der Waals surface area contributed by atoms with E-state index in [9.17, 15) is 13.9 Å². The highest BCUT2D eigenvalue weighted by atomic mass is 79.9. The molecule has 94 valence electrons. The molecule has 1 unspecified atom stereocenters. The first-order valence-electron chi connectivity index (χ1n) is 5.30. The zero-order valence-corrected chi connectivity index (χ0v) is 10.9. The number of halogens is 3. The maximum Gasteiger partial charge on any atom is 0.147 e. The highest BCUT2D eigenvalue weighted by Crippen LogP contribution is 2.23. The van der Waals surface area contributed by atoms with Gasteiger partial charge in [0.1, 0.15) is 23.4 Å². The molecule has 0 amide bonds. The van der Waals surface area contributed by atoms with Gasteiger partial charge in [0.25, 0.3) is 0 Å². The number of nitrogens with zero attached hydrogens (tertiary/aromatic N) is 1. The minimum absolute atomic E-state index is 0.0286. The topological polar surface area (TPSA) is 33.1 Å². The van der Waals surface area contributed by atoms with Gasteiger partial charge in [0, 0.05) is 17.1 Å². The maximum atomic E-state index is 13.5. The van der Waals surface area contributed by atoms with E-state index in [0.29, 0.717) is 10.0 Å². The first kappa shape index (κ1) is 13.1. The minimum atomic E-state index is -1.17. The normalized spacial score (nSPS) is 12.4. The van der Waals surface area contributed by atoms with E-state index in [1.54, 1.807) is 12.1 Å². The minimum Gasteiger partial charge on any atom is -0.386 e. The van der Waals surface area contributed by atoms with Crippen LogP contribution in [-0.4, -0.2) is 10.1 Å². The molecule has 18 heavy (non-hydrogen) atoms. The standard InChI is InChI=1S/C13H10BrF2NO/c14-9-3-4-10(15)8(6-9)7-12(18)13-11(16)2-1-5-17-13/h1-6,12,18H,7H2. The van der Waals surface area contributed by atoms with Crippen molar-refractivity contribution >= 4 is 15.9 Å². The number of rotatable bonds is 3. The Hall–Kier alpha value is -1.33. The maximum absolute atomic E-state index is 13.5. The van der Waals surface area contributed by atoms with E-state index in [-0.39, 0.29) is 12.1 Å². The quantitative estimate of drug-likeness (QED) is 0.942. The van der Waals surface area contributed by atoms with Crippen molar-refractivity contribution in [3.05, 3.63) is 63.9 Å². The van der Waals surface area contributed by atoms with E-state index in [1.165, 1.54) is 24.4 Å². The van der Waals surface area contributed by atoms with E-state index >= 15 is 0 Å². The highest BCUT2D eigenvalue weighted by Gasteiger charge is 2.16. The van der Waals surface area contributed by atoms with E-state index in [0.717, 1.165) is 0 Å². The summed E-state index contributed by atoms with van der Waals surface area (Å²) in [5.41, 5.74) is 0.235. The van der Waals surface area contributed by atoms with Crippen molar-refractivity contribution in [1.29, 1.82) is 0 Å².